The van der Waals surface area contributed by atoms with Gasteiger partial charge in [-0.3, -0.25) is 10.1 Å². The van der Waals surface area contributed by atoms with Gasteiger partial charge in [0.15, 0.2) is 11.3 Å². The quantitative estimate of drug-likeness (QED) is 0.631. The van der Waals surface area contributed by atoms with E-state index in [-0.39, 0.29) is 11.7 Å². The summed E-state index contributed by atoms with van der Waals surface area (Å²) in [5.74, 6) is 0. The van der Waals surface area contributed by atoms with Crippen molar-refractivity contribution >= 4 is 22.5 Å². The van der Waals surface area contributed by atoms with Gasteiger partial charge in [0.2, 0.25) is 0 Å². The molecule has 1 aliphatic rings. The fraction of sp³-hybridized carbons (Fsp3) is 0.364. The van der Waals surface area contributed by atoms with Crippen LogP contribution in [-0.2, 0) is 0 Å². The maximum atomic E-state index is 11.0. The van der Waals surface area contributed by atoms with Crippen LogP contribution in [0.5, 0.6) is 0 Å². The van der Waals surface area contributed by atoms with Crippen molar-refractivity contribution in [2.45, 2.75) is 12.5 Å². The first kappa shape index (κ1) is 11.0. The van der Waals surface area contributed by atoms with E-state index in [4.69, 9.17) is 4.42 Å². The molecule has 1 fully saturated rings. The van der Waals surface area contributed by atoms with Gasteiger partial charge in [-0.2, -0.15) is 0 Å². The number of pyridine rings is 1. The van der Waals surface area contributed by atoms with Gasteiger partial charge < -0.3 is 15.1 Å². The van der Waals surface area contributed by atoms with Crippen LogP contribution in [0.25, 0.3) is 11.1 Å². The molecule has 0 bridgehead atoms. The molecule has 1 unspecified atom stereocenters. The zero-order chi connectivity index (χ0) is 12.5. The fourth-order valence-electron chi connectivity index (χ4n) is 2.16. The predicted octanol–water partition coefficient (Wildman–Crippen LogP) is 1.51. The molecule has 2 aromatic heterocycles. The minimum atomic E-state index is -0.445. The average molecular weight is 248 g/mol. The van der Waals surface area contributed by atoms with E-state index in [9.17, 15) is 10.1 Å². The smallest absolute Gasteiger partial charge is 0.314 e. The minimum Gasteiger partial charge on any atom is -0.460 e. The lowest BCUT2D eigenvalue weighted by molar-refractivity contribution is -0.384. The van der Waals surface area contributed by atoms with E-state index in [1.165, 1.54) is 12.5 Å². The topological polar surface area (TPSA) is 93.2 Å². The summed E-state index contributed by atoms with van der Waals surface area (Å²) in [4.78, 5) is 14.6. The van der Waals surface area contributed by atoms with Crippen molar-refractivity contribution in [2.75, 3.05) is 18.4 Å². The molecule has 1 atom stereocenters. The summed E-state index contributed by atoms with van der Waals surface area (Å²) < 4.78 is 5.30. The lowest BCUT2D eigenvalue weighted by Gasteiger charge is -2.12. The number of nitro groups is 1. The number of anilines is 1. The van der Waals surface area contributed by atoms with Gasteiger partial charge in [-0.15, -0.1) is 0 Å². The van der Waals surface area contributed by atoms with Gasteiger partial charge in [0.05, 0.1) is 11.2 Å². The number of nitrogens with one attached hydrogen (secondary N) is 2. The molecule has 3 rings (SSSR count). The molecule has 7 nitrogen and oxygen atoms in total. The van der Waals surface area contributed by atoms with Crippen molar-refractivity contribution in [1.29, 1.82) is 0 Å². The third kappa shape index (κ3) is 1.78. The first-order valence-electron chi connectivity index (χ1n) is 5.73. The van der Waals surface area contributed by atoms with E-state index in [0.29, 0.717) is 16.8 Å². The highest BCUT2D eigenvalue weighted by atomic mass is 16.6. The summed E-state index contributed by atoms with van der Waals surface area (Å²) in [7, 11) is 0. The zero-order valence-electron chi connectivity index (χ0n) is 9.55. The molecule has 1 aliphatic heterocycles. The summed E-state index contributed by atoms with van der Waals surface area (Å²) in [6, 6.07) is 1.87. The van der Waals surface area contributed by atoms with Crippen molar-refractivity contribution in [2.24, 2.45) is 0 Å². The molecule has 0 saturated carbocycles. The third-order valence-corrected chi connectivity index (χ3v) is 3.06. The van der Waals surface area contributed by atoms with Gasteiger partial charge in [-0.05, 0) is 13.0 Å². The molecule has 2 aromatic rings. The standard InChI is InChI=1S/C11H12N4O3/c16-15(17)9-6-13-8-2-4-18-11(8)10(9)14-7-1-3-12-5-7/h2,4,6-7,12H,1,3,5H2,(H,13,14). The monoisotopic (exact) mass is 248 g/mol. The van der Waals surface area contributed by atoms with Crippen LogP contribution in [0, 0.1) is 10.1 Å². The van der Waals surface area contributed by atoms with Crippen LogP contribution in [0.15, 0.2) is 22.9 Å². The second-order valence-electron chi connectivity index (χ2n) is 4.24. The molecular weight excluding hydrogens is 236 g/mol. The molecule has 0 aliphatic carbocycles. The summed E-state index contributed by atoms with van der Waals surface area (Å²) >= 11 is 0. The van der Waals surface area contributed by atoms with Gasteiger partial charge in [0.25, 0.3) is 0 Å². The Morgan fingerprint density at radius 2 is 2.50 bits per heavy atom. The largest absolute Gasteiger partial charge is 0.460 e. The normalized spacial score (nSPS) is 19.2. The van der Waals surface area contributed by atoms with Crippen molar-refractivity contribution in [3.05, 3.63) is 28.6 Å². The molecule has 0 amide bonds. The molecule has 0 radical (unpaired) electrons. The molecular formula is C11H12N4O3. The summed E-state index contributed by atoms with van der Waals surface area (Å²) in [5.41, 5.74) is 1.43. The van der Waals surface area contributed by atoms with Crippen molar-refractivity contribution in [3.8, 4) is 0 Å². The average Bonchev–Trinajstić information content (AvgIpc) is 2.98. The van der Waals surface area contributed by atoms with E-state index in [2.05, 4.69) is 15.6 Å². The van der Waals surface area contributed by atoms with Gasteiger partial charge >= 0.3 is 5.69 Å². The van der Waals surface area contributed by atoms with Gasteiger partial charge in [-0.1, -0.05) is 0 Å². The second kappa shape index (κ2) is 4.26. The Labute approximate surface area is 102 Å². The minimum absolute atomic E-state index is 0.0515. The van der Waals surface area contributed by atoms with Crippen molar-refractivity contribution < 1.29 is 9.34 Å². The third-order valence-electron chi connectivity index (χ3n) is 3.06. The Morgan fingerprint density at radius 3 is 3.22 bits per heavy atom. The van der Waals surface area contributed by atoms with Gasteiger partial charge in [0, 0.05) is 18.7 Å². The Balaban J connectivity index is 2.06. The maximum absolute atomic E-state index is 11.0. The van der Waals surface area contributed by atoms with E-state index in [1.54, 1.807) is 6.07 Å². The lowest BCUT2D eigenvalue weighted by Crippen LogP contribution is -2.22. The lowest BCUT2D eigenvalue weighted by atomic mass is 10.2. The first-order chi connectivity index (χ1) is 8.75. The second-order valence-corrected chi connectivity index (χ2v) is 4.24. The highest BCUT2D eigenvalue weighted by Crippen LogP contribution is 2.32. The summed E-state index contributed by atoms with van der Waals surface area (Å²) in [6.45, 7) is 1.71. The van der Waals surface area contributed by atoms with Crippen LogP contribution in [0.2, 0.25) is 0 Å². The van der Waals surface area contributed by atoms with Crippen LogP contribution in [0.1, 0.15) is 6.42 Å². The Morgan fingerprint density at radius 1 is 1.61 bits per heavy atom. The number of nitrogens with zero attached hydrogens (tertiary/aromatic N) is 2. The maximum Gasteiger partial charge on any atom is 0.314 e. The molecule has 94 valence electrons. The van der Waals surface area contributed by atoms with Crippen LogP contribution < -0.4 is 10.6 Å². The molecule has 7 heteroatoms. The molecule has 18 heavy (non-hydrogen) atoms. The van der Waals surface area contributed by atoms with Crippen molar-refractivity contribution in [1.82, 2.24) is 10.3 Å². The van der Waals surface area contributed by atoms with E-state index < -0.39 is 4.92 Å². The molecule has 3 heterocycles. The Hall–Kier alpha value is -2.15. The van der Waals surface area contributed by atoms with E-state index >= 15 is 0 Å². The fourth-order valence-corrected chi connectivity index (χ4v) is 2.16. The SMILES string of the molecule is O=[N+]([O-])c1cnc2ccoc2c1NC1CCNC1. The number of rotatable bonds is 3. The van der Waals surface area contributed by atoms with Crippen LogP contribution in [0.3, 0.4) is 0 Å². The van der Waals surface area contributed by atoms with Crippen molar-refractivity contribution in [3.63, 3.8) is 0 Å². The van der Waals surface area contributed by atoms with E-state index in [0.717, 1.165) is 19.5 Å². The Kier molecular flexibility index (Phi) is 2.60. The zero-order valence-corrected chi connectivity index (χ0v) is 9.55. The number of furan rings is 1. The van der Waals surface area contributed by atoms with Gasteiger partial charge in [0.1, 0.15) is 11.7 Å². The highest BCUT2D eigenvalue weighted by molar-refractivity contribution is 5.91. The van der Waals surface area contributed by atoms with Crippen LogP contribution in [-0.4, -0.2) is 29.0 Å². The molecule has 0 spiro atoms. The number of hydrogen-bond acceptors (Lipinski definition) is 6. The molecule has 2 N–H and O–H groups in total. The molecule has 0 aromatic carbocycles. The number of aromatic nitrogens is 1. The van der Waals surface area contributed by atoms with Gasteiger partial charge in [-0.25, -0.2) is 4.98 Å². The summed E-state index contributed by atoms with van der Waals surface area (Å²) in [5, 5.41) is 17.4. The first-order valence-corrected chi connectivity index (χ1v) is 5.73. The predicted molar refractivity (Wildman–Crippen MR) is 65.6 cm³/mol. The Bertz CT molecular complexity index is 589. The van der Waals surface area contributed by atoms with Crippen LogP contribution >= 0.6 is 0 Å². The number of hydrogen-bond donors (Lipinski definition) is 2. The van der Waals surface area contributed by atoms with Crippen LogP contribution in [0.4, 0.5) is 11.4 Å². The highest BCUT2D eigenvalue weighted by Gasteiger charge is 2.24. The number of fused-ring (bicyclic) bond motifs is 1. The summed E-state index contributed by atoms with van der Waals surface area (Å²) in [6.07, 6.45) is 3.68. The van der Waals surface area contributed by atoms with E-state index in [1.807, 2.05) is 0 Å². The molecule has 1 saturated heterocycles.